The van der Waals surface area contributed by atoms with Crippen LogP contribution in [-0.4, -0.2) is 47.2 Å². The van der Waals surface area contributed by atoms with Gasteiger partial charge in [0, 0.05) is 11.3 Å². The molecule has 0 saturated carbocycles. The van der Waals surface area contributed by atoms with Crippen LogP contribution in [0.4, 0.5) is 5.69 Å². The van der Waals surface area contributed by atoms with E-state index in [4.69, 9.17) is 0 Å². The van der Waals surface area contributed by atoms with Gasteiger partial charge in [-0.25, -0.2) is 0 Å². The highest BCUT2D eigenvalue weighted by molar-refractivity contribution is 6.03. The molecule has 3 heterocycles. The lowest BCUT2D eigenvalue weighted by Gasteiger charge is -2.28. The lowest BCUT2D eigenvalue weighted by molar-refractivity contribution is -0.121. The molecule has 144 valence electrons. The second-order valence-corrected chi connectivity index (χ2v) is 7.98. The Hall–Kier alpha value is -2.86. The second-order valence-electron chi connectivity index (χ2n) is 7.98. The molecule has 5 rings (SSSR count). The first kappa shape index (κ1) is 17.3. The number of aromatic nitrogens is 2. The molecule has 1 fully saturated rings. The molecule has 3 aliphatic rings. The van der Waals surface area contributed by atoms with Crippen LogP contribution in [0.2, 0.25) is 0 Å². The van der Waals surface area contributed by atoms with Crippen molar-refractivity contribution in [2.75, 3.05) is 25.5 Å². The zero-order valence-electron chi connectivity index (χ0n) is 16.0. The average Bonchev–Trinajstić information content (AvgIpc) is 3.37. The lowest BCUT2D eigenvalue weighted by Crippen LogP contribution is -2.35. The minimum absolute atomic E-state index is 0.0738. The van der Waals surface area contributed by atoms with Gasteiger partial charge in [0.25, 0.3) is 0 Å². The molecule has 0 bridgehead atoms. The fraction of sp³-hybridized carbons (Fsp3) is 0.364. The van der Waals surface area contributed by atoms with Gasteiger partial charge in [-0.05, 0) is 80.5 Å². The number of carbonyl (C=O) groups excluding carboxylic acids is 1. The first-order valence-electron chi connectivity index (χ1n) is 9.99. The van der Waals surface area contributed by atoms with Crippen molar-refractivity contribution in [3.05, 3.63) is 53.9 Å². The van der Waals surface area contributed by atoms with E-state index < -0.39 is 0 Å². The summed E-state index contributed by atoms with van der Waals surface area (Å²) in [5.41, 5.74) is 5.37. The first-order valence-corrected chi connectivity index (χ1v) is 9.99. The van der Waals surface area contributed by atoms with Gasteiger partial charge in [0.05, 0.1) is 23.4 Å². The molecule has 1 aromatic carbocycles. The maximum absolute atomic E-state index is 12.9. The van der Waals surface area contributed by atoms with Crippen molar-refractivity contribution < 1.29 is 4.79 Å². The third-order valence-electron chi connectivity index (χ3n) is 6.12. The van der Waals surface area contributed by atoms with Gasteiger partial charge < -0.3 is 15.5 Å². The van der Waals surface area contributed by atoms with Crippen LogP contribution in [0.15, 0.2) is 48.3 Å². The highest BCUT2D eigenvalue weighted by Gasteiger charge is 2.25. The van der Waals surface area contributed by atoms with Crippen molar-refractivity contribution in [3.63, 3.8) is 0 Å². The van der Waals surface area contributed by atoms with Crippen LogP contribution in [-0.2, 0) is 4.79 Å². The summed E-state index contributed by atoms with van der Waals surface area (Å²) in [6, 6.07) is 4.55. The van der Waals surface area contributed by atoms with E-state index in [0.29, 0.717) is 6.04 Å². The number of carbonyl (C=O) groups is 1. The van der Waals surface area contributed by atoms with Crippen LogP contribution in [0.25, 0.3) is 16.5 Å². The number of nitrogens with one attached hydrogen (secondary N) is 3. The topological polar surface area (TPSA) is 73.1 Å². The Kier molecular flexibility index (Phi) is 4.28. The number of likely N-dealkylation sites (tertiary alicyclic amines) is 1. The number of hydrogen-bond donors (Lipinski definition) is 3. The summed E-state index contributed by atoms with van der Waals surface area (Å²) >= 11 is 0. The molecule has 1 amide bonds. The predicted octanol–water partition coefficient (Wildman–Crippen LogP) is 3.04. The molecule has 1 saturated heterocycles. The molecule has 1 unspecified atom stereocenters. The molecule has 1 aromatic heterocycles. The van der Waals surface area contributed by atoms with Crippen LogP contribution in [0, 0.1) is 5.92 Å². The Morgan fingerprint density at radius 2 is 2.11 bits per heavy atom. The summed E-state index contributed by atoms with van der Waals surface area (Å²) in [4.78, 5) is 15.2. The Morgan fingerprint density at radius 1 is 1.25 bits per heavy atom. The van der Waals surface area contributed by atoms with E-state index in [1.54, 1.807) is 6.20 Å². The van der Waals surface area contributed by atoms with Crippen molar-refractivity contribution in [1.82, 2.24) is 20.4 Å². The Balaban J connectivity index is 1.49. The fourth-order valence-corrected chi connectivity index (χ4v) is 4.43. The number of benzene rings is 1. The molecule has 6 heteroatoms. The fourth-order valence-electron chi connectivity index (χ4n) is 4.43. The number of anilines is 1. The summed E-state index contributed by atoms with van der Waals surface area (Å²) < 4.78 is 0. The van der Waals surface area contributed by atoms with E-state index in [1.807, 2.05) is 6.20 Å². The van der Waals surface area contributed by atoms with Crippen molar-refractivity contribution in [2.24, 2.45) is 5.92 Å². The number of nitrogens with zero attached hydrogens (tertiary/aromatic N) is 2. The first-order chi connectivity index (χ1) is 13.7. The van der Waals surface area contributed by atoms with Gasteiger partial charge in [-0.15, -0.1) is 0 Å². The van der Waals surface area contributed by atoms with Gasteiger partial charge in [0.15, 0.2) is 0 Å². The molecule has 2 aromatic rings. The maximum Gasteiger partial charge on any atom is 0.227 e. The number of rotatable bonds is 3. The number of piperidine rings is 1. The lowest BCUT2D eigenvalue weighted by atomic mass is 9.89. The monoisotopic (exact) mass is 375 g/mol. The van der Waals surface area contributed by atoms with E-state index in [2.05, 4.69) is 63.1 Å². The zero-order valence-corrected chi connectivity index (χ0v) is 16.0. The average molecular weight is 375 g/mol. The quantitative estimate of drug-likeness (QED) is 0.771. The van der Waals surface area contributed by atoms with Gasteiger partial charge in [-0.1, -0.05) is 12.2 Å². The molecule has 0 radical (unpaired) electrons. The van der Waals surface area contributed by atoms with Gasteiger partial charge in [0.1, 0.15) is 0 Å². The normalized spacial score (nSPS) is 22.5. The standard InChI is InChI=1S/C22H25N5O/c1-27-9-6-14(7-10-27)22(28)25-20-11-15(12-21-18(20)13-24-26-21)16-3-2-4-19-17(16)5-8-23-19/h2-3,5,8,11-14,19,23H,4,6-7,9-10H2,1H3,(H,24,26)(H,25,28). The Morgan fingerprint density at radius 3 is 2.96 bits per heavy atom. The van der Waals surface area contributed by atoms with Crippen LogP contribution < -0.4 is 10.6 Å². The molecule has 3 N–H and O–H groups in total. The van der Waals surface area contributed by atoms with Gasteiger partial charge in [-0.3, -0.25) is 9.89 Å². The molecule has 1 aliphatic carbocycles. The highest BCUT2D eigenvalue weighted by atomic mass is 16.1. The SMILES string of the molecule is CN1CCC(C(=O)Nc2cc(C3=C4C=CNC4CC=C3)cc3[nH]ncc23)CC1. The summed E-state index contributed by atoms with van der Waals surface area (Å²) in [5, 5.41) is 14.8. The molecule has 28 heavy (non-hydrogen) atoms. The summed E-state index contributed by atoms with van der Waals surface area (Å²) in [6.07, 6.45) is 13.2. The zero-order chi connectivity index (χ0) is 19.1. The largest absolute Gasteiger partial charge is 0.384 e. The van der Waals surface area contributed by atoms with Gasteiger partial charge >= 0.3 is 0 Å². The van der Waals surface area contributed by atoms with E-state index in [-0.39, 0.29) is 11.8 Å². The van der Waals surface area contributed by atoms with E-state index in [9.17, 15) is 4.79 Å². The smallest absolute Gasteiger partial charge is 0.227 e. The van der Waals surface area contributed by atoms with Crippen LogP contribution in [0.3, 0.4) is 0 Å². The third-order valence-corrected chi connectivity index (χ3v) is 6.12. The maximum atomic E-state index is 12.9. The molecule has 1 atom stereocenters. The highest BCUT2D eigenvalue weighted by Crippen LogP contribution is 2.35. The summed E-state index contributed by atoms with van der Waals surface area (Å²) in [6.45, 7) is 1.95. The minimum atomic E-state index is 0.0738. The van der Waals surface area contributed by atoms with Gasteiger partial charge in [-0.2, -0.15) is 5.10 Å². The van der Waals surface area contributed by atoms with Crippen LogP contribution in [0.5, 0.6) is 0 Å². The van der Waals surface area contributed by atoms with E-state index >= 15 is 0 Å². The third kappa shape index (κ3) is 3.03. The molecule has 6 nitrogen and oxygen atoms in total. The Bertz CT molecular complexity index is 1010. The second kappa shape index (κ2) is 6.95. The van der Waals surface area contributed by atoms with Crippen molar-refractivity contribution in [2.45, 2.75) is 25.3 Å². The number of amides is 1. The summed E-state index contributed by atoms with van der Waals surface area (Å²) in [7, 11) is 2.11. The Labute approximate surface area is 164 Å². The number of allylic oxidation sites excluding steroid dienone is 2. The molecular formula is C22H25N5O. The van der Waals surface area contributed by atoms with Gasteiger partial charge in [0.2, 0.25) is 5.91 Å². The molecule has 0 spiro atoms. The van der Waals surface area contributed by atoms with Crippen molar-refractivity contribution >= 4 is 28.1 Å². The predicted molar refractivity (Wildman–Crippen MR) is 112 cm³/mol. The number of H-pyrrole nitrogens is 1. The van der Waals surface area contributed by atoms with Crippen molar-refractivity contribution in [3.8, 4) is 0 Å². The number of fused-ring (bicyclic) bond motifs is 2. The van der Waals surface area contributed by atoms with Crippen LogP contribution >= 0.6 is 0 Å². The molecular weight excluding hydrogens is 350 g/mol. The minimum Gasteiger partial charge on any atom is -0.384 e. The molecule has 2 aliphatic heterocycles. The van der Waals surface area contributed by atoms with Crippen molar-refractivity contribution in [1.29, 1.82) is 0 Å². The summed E-state index contributed by atoms with van der Waals surface area (Å²) in [5.74, 6) is 0.189. The number of hydrogen-bond acceptors (Lipinski definition) is 4. The van der Waals surface area contributed by atoms with E-state index in [1.165, 1.54) is 11.1 Å². The number of aromatic amines is 1. The van der Waals surface area contributed by atoms with E-state index in [0.717, 1.165) is 54.5 Å². The van der Waals surface area contributed by atoms with Crippen LogP contribution in [0.1, 0.15) is 24.8 Å².